The standard InChI is InChI=1S/C19H16F2N4O/c1-11-3-4-12(2)16(7-11)24-18-9-17(22-10-23-18)19(26)25-15-6-5-13(20)8-14(15)21/h3-10H,1-2H3,(H,25,26)(H,22,23,24). The second-order valence-electron chi connectivity index (χ2n) is 5.81. The summed E-state index contributed by atoms with van der Waals surface area (Å²) >= 11 is 0. The van der Waals surface area contributed by atoms with Gasteiger partial charge >= 0.3 is 0 Å². The molecule has 0 saturated carbocycles. The van der Waals surface area contributed by atoms with Gasteiger partial charge in [0.15, 0.2) is 0 Å². The fourth-order valence-corrected chi connectivity index (χ4v) is 2.34. The molecule has 0 radical (unpaired) electrons. The Balaban J connectivity index is 1.80. The van der Waals surface area contributed by atoms with Crippen molar-refractivity contribution in [1.29, 1.82) is 0 Å². The predicted molar refractivity (Wildman–Crippen MR) is 95.5 cm³/mol. The van der Waals surface area contributed by atoms with Gasteiger partial charge in [0.05, 0.1) is 5.69 Å². The molecule has 3 aromatic rings. The highest BCUT2D eigenvalue weighted by atomic mass is 19.1. The molecule has 0 aliphatic carbocycles. The summed E-state index contributed by atoms with van der Waals surface area (Å²) in [6.45, 7) is 3.93. The molecule has 1 amide bonds. The second-order valence-corrected chi connectivity index (χ2v) is 5.81. The zero-order chi connectivity index (χ0) is 18.7. The van der Waals surface area contributed by atoms with Crippen molar-refractivity contribution in [3.05, 3.63) is 77.2 Å². The Hall–Kier alpha value is -3.35. The van der Waals surface area contributed by atoms with E-state index in [1.165, 1.54) is 12.4 Å². The molecule has 2 N–H and O–H groups in total. The summed E-state index contributed by atoms with van der Waals surface area (Å²) in [6, 6.07) is 10.3. The van der Waals surface area contributed by atoms with E-state index in [-0.39, 0.29) is 11.4 Å². The number of aromatic nitrogens is 2. The van der Waals surface area contributed by atoms with Crippen LogP contribution in [0.15, 0.2) is 48.8 Å². The SMILES string of the molecule is Cc1ccc(C)c(Nc2cc(C(=O)Nc3ccc(F)cc3F)ncn2)c1. The lowest BCUT2D eigenvalue weighted by Crippen LogP contribution is -2.15. The van der Waals surface area contributed by atoms with Crippen molar-refractivity contribution in [2.75, 3.05) is 10.6 Å². The van der Waals surface area contributed by atoms with Crippen LogP contribution in [0.1, 0.15) is 21.6 Å². The number of carbonyl (C=O) groups excluding carboxylic acids is 1. The van der Waals surface area contributed by atoms with Gasteiger partial charge in [0, 0.05) is 17.8 Å². The highest BCUT2D eigenvalue weighted by Gasteiger charge is 2.13. The van der Waals surface area contributed by atoms with Crippen LogP contribution in [-0.2, 0) is 0 Å². The number of nitrogens with zero attached hydrogens (tertiary/aromatic N) is 2. The molecule has 0 bridgehead atoms. The van der Waals surface area contributed by atoms with E-state index < -0.39 is 17.5 Å². The van der Waals surface area contributed by atoms with Crippen LogP contribution in [0, 0.1) is 25.5 Å². The predicted octanol–water partition coefficient (Wildman–Crippen LogP) is 4.37. The summed E-state index contributed by atoms with van der Waals surface area (Å²) in [4.78, 5) is 20.3. The number of halogens is 2. The minimum Gasteiger partial charge on any atom is -0.340 e. The summed E-state index contributed by atoms with van der Waals surface area (Å²) in [5.41, 5.74) is 2.89. The lowest BCUT2D eigenvalue weighted by Gasteiger charge is -2.11. The van der Waals surface area contributed by atoms with Gasteiger partial charge in [-0.25, -0.2) is 18.7 Å². The summed E-state index contributed by atoms with van der Waals surface area (Å²) in [6.07, 6.45) is 1.24. The molecule has 0 saturated heterocycles. The molecule has 3 rings (SSSR count). The zero-order valence-electron chi connectivity index (χ0n) is 14.2. The number of hydrogen-bond acceptors (Lipinski definition) is 4. The second kappa shape index (κ2) is 7.26. The number of rotatable bonds is 4. The lowest BCUT2D eigenvalue weighted by atomic mass is 10.1. The van der Waals surface area contributed by atoms with Crippen molar-refractivity contribution >= 4 is 23.1 Å². The van der Waals surface area contributed by atoms with E-state index in [0.29, 0.717) is 11.9 Å². The monoisotopic (exact) mass is 354 g/mol. The maximum atomic E-state index is 13.7. The van der Waals surface area contributed by atoms with Crippen LogP contribution in [0.4, 0.5) is 26.0 Å². The van der Waals surface area contributed by atoms with Gasteiger partial charge in [-0.2, -0.15) is 0 Å². The summed E-state index contributed by atoms with van der Waals surface area (Å²) in [5.74, 6) is -1.77. The fraction of sp³-hybridized carbons (Fsp3) is 0.105. The third-order valence-electron chi connectivity index (χ3n) is 3.73. The summed E-state index contributed by atoms with van der Waals surface area (Å²) in [5, 5.41) is 5.50. The first kappa shape index (κ1) is 17.5. The average Bonchev–Trinajstić information content (AvgIpc) is 2.61. The molecule has 1 heterocycles. The minimum atomic E-state index is -0.860. The Morgan fingerprint density at radius 2 is 1.77 bits per heavy atom. The van der Waals surface area contributed by atoms with E-state index in [1.54, 1.807) is 0 Å². The minimum absolute atomic E-state index is 0.0523. The van der Waals surface area contributed by atoms with Gasteiger partial charge in [-0.05, 0) is 43.2 Å². The highest BCUT2D eigenvalue weighted by molar-refractivity contribution is 6.03. The topological polar surface area (TPSA) is 66.9 Å². The number of benzene rings is 2. The van der Waals surface area contributed by atoms with Crippen molar-refractivity contribution in [3.8, 4) is 0 Å². The fourth-order valence-electron chi connectivity index (χ4n) is 2.34. The number of hydrogen-bond donors (Lipinski definition) is 2. The van der Waals surface area contributed by atoms with Crippen LogP contribution >= 0.6 is 0 Å². The van der Waals surface area contributed by atoms with E-state index in [1.807, 2.05) is 32.0 Å². The molecule has 0 aliphatic heterocycles. The molecule has 1 aromatic heterocycles. The van der Waals surface area contributed by atoms with Gasteiger partial charge in [0.25, 0.3) is 5.91 Å². The molecule has 0 atom stereocenters. The average molecular weight is 354 g/mol. The van der Waals surface area contributed by atoms with Crippen molar-refractivity contribution in [3.63, 3.8) is 0 Å². The van der Waals surface area contributed by atoms with E-state index in [4.69, 9.17) is 0 Å². The smallest absolute Gasteiger partial charge is 0.274 e. The largest absolute Gasteiger partial charge is 0.340 e. The molecule has 0 unspecified atom stereocenters. The van der Waals surface area contributed by atoms with Crippen LogP contribution in [-0.4, -0.2) is 15.9 Å². The molecule has 7 heteroatoms. The lowest BCUT2D eigenvalue weighted by molar-refractivity contribution is 0.102. The summed E-state index contributed by atoms with van der Waals surface area (Å²) in [7, 11) is 0. The van der Waals surface area contributed by atoms with Crippen molar-refractivity contribution in [2.45, 2.75) is 13.8 Å². The Kier molecular flexibility index (Phi) is 4.88. The van der Waals surface area contributed by atoms with Crippen molar-refractivity contribution in [1.82, 2.24) is 9.97 Å². The van der Waals surface area contributed by atoms with E-state index >= 15 is 0 Å². The van der Waals surface area contributed by atoms with Crippen LogP contribution < -0.4 is 10.6 Å². The van der Waals surface area contributed by atoms with Crippen molar-refractivity contribution < 1.29 is 13.6 Å². The third-order valence-corrected chi connectivity index (χ3v) is 3.73. The maximum Gasteiger partial charge on any atom is 0.274 e. The van der Waals surface area contributed by atoms with Gasteiger partial charge in [-0.15, -0.1) is 0 Å². The number of amides is 1. The Morgan fingerprint density at radius 1 is 0.962 bits per heavy atom. The Morgan fingerprint density at radius 3 is 2.54 bits per heavy atom. The molecule has 26 heavy (non-hydrogen) atoms. The van der Waals surface area contributed by atoms with Crippen molar-refractivity contribution in [2.24, 2.45) is 0 Å². The highest BCUT2D eigenvalue weighted by Crippen LogP contribution is 2.21. The summed E-state index contributed by atoms with van der Waals surface area (Å²) < 4.78 is 26.6. The molecule has 132 valence electrons. The quantitative estimate of drug-likeness (QED) is 0.730. The van der Waals surface area contributed by atoms with Gasteiger partial charge in [0.1, 0.15) is 29.5 Å². The van der Waals surface area contributed by atoms with Crippen LogP contribution in [0.3, 0.4) is 0 Å². The zero-order valence-corrected chi connectivity index (χ0v) is 14.2. The number of carbonyl (C=O) groups is 1. The van der Waals surface area contributed by atoms with Gasteiger partial charge in [0.2, 0.25) is 0 Å². The maximum absolute atomic E-state index is 13.7. The molecular formula is C19H16F2N4O. The Labute approximate surface area is 149 Å². The van der Waals surface area contributed by atoms with Gasteiger partial charge in [-0.1, -0.05) is 12.1 Å². The first-order chi connectivity index (χ1) is 12.4. The molecule has 0 spiro atoms. The number of nitrogens with one attached hydrogen (secondary N) is 2. The van der Waals surface area contributed by atoms with E-state index in [2.05, 4.69) is 20.6 Å². The van der Waals surface area contributed by atoms with E-state index in [9.17, 15) is 13.6 Å². The van der Waals surface area contributed by atoms with Crippen LogP contribution in [0.2, 0.25) is 0 Å². The first-order valence-corrected chi connectivity index (χ1v) is 7.85. The van der Waals surface area contributed by atoms with Crippen LogP contribution in [0.5, 0.6) is 0 Å². The number of anilines is 3. The molecule has 2 aromatic carbocycles. The van der Waals surface area contributed by atoms with Gasteiger partial charge in [-0.3, -0.25) is 4.79 Å². The molecular weight excluding hydrogens is 338 g/mol. The van der Waals surface area contributed by atoms with Crippen LogP contribution in [0.25, 0.3) is 0 Å². The van der Waals surface area contributed by atoms with E-state index in [0.717, 1.165) is 28.9 Å². The number of aryl methyl sites for hydroxylation is 2. The first-order valence-electron chi connectivity index (χ1n) is 7.85. The molecule has 0 aliphatic rings. The Bertz CT molecular complexity index is 976. The normalized spacial score (nSPS) is 10.5. The molecule has 5 nitrogen and oxygen atoms in total. The molecule has 0 fully saturated rings. The third kappa shape index (κ3) is 4.00. The van der Waals surface area contributed by atoms with Gasteiger partial charge < -0.3 is 10.6 Å².